The zero-order chi connectivity index (χ0) is 7.72. The van der Waals surface area contributed by atoms with Gasteiger partial charge in [0.25, 0.3) is 0 Å². The molecule has 0 aromatic rings. The van der Waals surface area contributed by atoms with Crippen LogP contribution in [-0.2, 0) is 9.59 Å². The number of hydrogen-bond donors (Lipinski definition) is 1. The van der Waals surface area contributed by atoms with Crippen LogP contribution in [0.15, 0.2) is 0 Å². The Labute approximate surface area is 59.8 Å². The molecule has 56 valence electrons. The fourth-order valence-corrected chi connectivity index (χ4v) is 1.12. The van der Waals surface area contributed by atoms with Crippen LogP contribution in [0.5, 0.6) is 0 Å². The van der Waals surface area contributed by atoms with E-state index in [9.17, 15) is 9.59 Å². The third-order valence-electron chi connectivity index (χ3n) is 1.90. The van der Waals surface area contributed by atoms with E-state index in [1.165, 1.54) is 6.92 Å². The monoisotopic (exact) mass is 141 g/mol. The van der Waals surface area contributed by atoms with Gasteiger partial charge < -0.3 is 5.32 Å². The quantitative estimate of drug-likeness (QED) is 0.586. The van der Waals surface area contributed by atoms with Crippen molar-refractivity contribution in [3.8, 4) is 0 Å². The van der Waals surface area contributed by atoms with Gasteiger partial charge in [-0.05, 0) is 13.3 Å². The molecule has 1 aliphatic rings. The molecule has 0 saturated heterocycles. The Morgan fingerprint density at radius 2 is 2.00 bits per heavy atom. The standard InChI is InChI=1S/C7H11NO2/c1-4(9)5-3-6(5)7(10)8-2/h5-6H,3H2,1-2H3,(H,8,10)/t5-,6-/m1/s1. The molecule has 1 amide bonds. The zero-order valence-corrected chi connectivity index (χ0v) is 6.18. The van der Waals surface area contributed by atoms with Gasteiger partial charge in [0, 0.05) is 18.9 Å². The lowest BCUT2D eigenvalue weighted by Crippen LogP contribution is -2.21. The fraction of sp³-hybridized carbons (Fsp3) is 0.714. The van der Waals surface area contributed by atoms with Crippen molar-refractivity contribution in [3.63, 3.8) is 0 Å². The molecule has 1 N–H and O–H groups in total. The molecule has 0 heterocycles. The molecule has 2 atom stereocenters. The van der Waals surface area contributed by atoms with Crippen molar-refractivity contribution in [2.45, 2.75) is 13.3 Å². The number of nitrogens with one attached hydrogen (secondary N) is 1. The molecule has 0 spiro atoms. The van der Waals surface area contributed by atoms with Crippen molar-refractivity contribution in [1.29, 1.82) is 0 Å². The first-order chi connectivity index (χ1) is 4.66. The van der Waals surface area contributed by atoms with Gasteiger partial charge >= 0.3 is 0 Å². The van der Waals surface area contributed by atoms with E-state index in [1.807, 2.05) is 0 Å². The molecule has 10 heavy (non-hydrogen) atoms. The van der Waals surface area contributed by atoms with Gasteiger partial charge in [-0.25, -0.2) is 0 Å². The van der Waals surface area contributed by atoms with Crippen LogP contribution in [0, 0.1) is 11.8 Å². The molecule has 1 fully saturated rings. The lowest BCUT2D eigenvalue weighted by atomic mass is 10.2. The van der Waals surface area contributed by atoms with Gasteiger partial charge in [0.2, 0.25) is 5.91 Å². The number of hydrogen-bond acceptors (Lipinski definition) is 2. The predicted octanol–water partition coefficient (Wildman–Crippen LogP) is -0.0425. The van der Waals surface area contributed by atoms with Crippen LogP contribution < -0.4 is 5.32 Å². The van der Waals surface area contributed by atoms with Crippen LogP contribution in [0.1, 0.15) is 13.3 Å². The maximum Gasteiger partial charge on any atom is 0.223 e. The van der Waals surface area contributed by atoms with Gasteiger partial charge in [0.1, 0.15) is 5.78 Å². The third kappa shape index (κ3) is 1.17. The first-order valence-corrected chi connectivity index (χ1v) is 3.39. The highest BCUT2D eigenvalue weighted by atomic mass is 16.2. The SMILES string of the molecule is CNC(=O)[C@@H]1C[C@@H]1C(C)=O. The molecule has 3 heteroatoms. The summed E-state index contributed by atoms with van der Waals surface area (Å²) in [5.74, 6) is 0.122. The number of carbonyl (C=O) groups excluding carboxylic acids is 2. The van der Waals surface area contributed by atoms with E-state index in [2.05, 4.69) is 5.32 Å². The maximum absolute atomic E-state index is 10.8. The van der Waals surface area contributed by atoms with Crippen molar-refractivity contribution >= 4 is 11.7 Å². The molecule has 3 nitrogen and oxygen atoms in total. The average molecular weight is 141 g/mol. The van der Waals surface area contributed by atoms with E-state index < -0.39 is 0 Å². The first-order valence-electron chi connectivity index (χ1n) is 3.39. The van der Waals surface area contributed by atoms with Crippen molar-refractivity contribution in [2.24, 2.45) is 11.8 Å². The Morgan fingerprint density at radius 1 is 1.40 bits per heavy atom. The fourth-order valence-electron chi connectivity index (χ4n) is 1.12. The second-order valence-electron chi connectivity index (χ2n) is 2.67. The van der Waals surface area contributed by atoms with E-state index in [1.54, 1.807) is 7.05 Å². The molecule has 0 aliphatic heterocycles. The van der Waals surface area contributed by atoms with Crippen molar-refractivity contribution in [1.82, 2.24) is 5.32 Å². The summed E-state index contributed by atoms with van der Waals surface area (Å²) in [7, 11) is 1.60. The number of rotatable bonds is 2. The van der Waals surface area contributed by atoms with E-state index >= 15 is 0 Å². The summed E-state index contributed by atoms with van der Waals surface area (Å²) in [5, 5.41) is 2.52. The Morgan fingerprint density at radius 3 is 2.30 bits per heavy atom. The molecule has 0 aromatic heterocycles. The third-order valence-corrected chi connectivity index (χ3v) is 1.90. The average Bonchev–Trinajstić information content (AvgIpc) is 2.64. The summed E-state index contributed by atoms with van der Waals surface area (Å²) in [4.78, 5) is 21.5. The highest BCUT2D eigenvalue weighted by molar-refractivity contribution is 5.92. The number of Topliss-reactive ketones (excluding diaryl/α,β-unsaturated/α-hetero) is 1. The molecule has 0 unspecified atom stereocenters. The topological polar surface area (TPSA) is 46.2 Å². The summed E-state index contributed by atoms with van der Waals surface area (Å²) in [6.07, 6.45) is 0.745. The summed E-state index contributed by atoms with van der Waals surface area (Å²) in [6.45, 7) is 1.54. The minimum Gasteiger partial charge on any atom is -0.359 e. The molecular formula is C7H11NO2. The molecule has 0 bridgehead atoms. The highest BCUT2D eigenvalue weighted by Crippen LogP contribution is 2.38. The highest BCUT2D eigenvalue weighted by Gasteiger charge is 2.45. The molecule has 0 aromatic carbocycles. The lowest BCUT2D eigenvalue weighted by Gasteiger charge is -1.93. The minimum atomic E-state index is -0.0255. The van der Waals surface area contributed by atoms with Crippen LogP contribution in [0.4, 0.5) is 0 Å². The molecule has 1 saturated carbocycles. The van der Waals surface area contributed by atoms with Gasteiger partial charge in [0.05, 0.1) is 0 Å². The van der Waals surface area contributed by atoms with Gasteiger partial charge in [-0.3, -0.25) is 9.59 Å². The maximum atomic E-state index is 10.8. The number of ketones is 1. The summed E-state index contributed by atoms with van der Waals surface area (Å²) < 4.78 is 0. The van der Waals surface area contributed by atoms with Crippen LogP contribution in [0.2, 0.25) is 0 Å². The summed E-state index contributed by atoms with van der Waals surface area (Å²) in [5.41, 5.74) is 0. The Bertz CT molecular complexity index is 176. The lowest BCUT2D eigenvalue weighted by molar-refractivity contribution is -0.125. The van der Waals surface area contributed by atoms with E-state index in [0.29, 0.717) is 0 Å². The molecule has 1 aliphatic carbocycles. The van der Waals surface area contributed by atoms with Gasteiger partial charge in [-0.1, -0.05) is 0 Å². The van der Waals surface area contributed by atoms with Crippen molar-refractivity contribution in [3.05, 3.63) is 0 Å². The second-order valence-corrected chi connectivity index (χ2v) is 2.67. The normalized spacial score (nSPS) is 29.4. The Balaban J connectivity index is 2.38. The van der Waals surface area contributed by atoms with Gasteiger partial charge in [-0.15, -0.1) is 0 Å². The number of amides is 1. The molecular weight excluding hydrogens is 130 g/mol. The smallest absolute Gasteiger partial charge is 0.223 e. The first kappa shape index (κ1) is 7.25. The molecule has 0 radical (unpaired) electrons. The van der Waals surface area contributed by atoms with Gasteiger partial charge in [0.15, 0.2) is 0 Å². The summed E-state index contributed by atoms with van der Waals surface area (Å²) >= 11 is 0. The van der Waals surface area contributed by atoms with Crippen LogP contribution in [0.3, 0.4) is 0 Å². The van der Waals surface area contributed by atoms with E-state index in [4.69, 9.17) is 0 Å². The van der Waals surface area contributed by atoms with Crippen LogP contribution in [-0.4, -0.2) is 18.7 Å². The predicted molar refractivity (Wildman–Crippen MR) is 36.3 cm³/mol. The Hall–Kier alpha value is -0.860. The van der Waals surface area contributed by atoms with E-state index in [-0.39, 0.29) is 23.5 Å². The second kappa shape index (κ2) is 2.40. The largest absolute Gasteiger partial charge is 0.359 e. The van der Waals surface area contributed by atoms with Crippen LogP contribution >= 0.6 is 0 Å². The zero-order valence-electron chi connectivity index (χ0n) is 6.18. The van der Waals surface area contributed by atoms with Crippen molar-refractivity contribution < 1.29 is 9.59 Å². The van der Waals surface area contributed by atoms with Crippen molar-refractivity contribution in [2.75, 3.05) is 7.05 Å². The molecule has 1 rings (SSSR count). The van der Waals surface area contributed by atoms with Gasteiger partial charge in [-0.2, -0.15) is 0 Å². The summed E-state index contributed by atoms with van der Waals surface area (Å²) in [6, 6.07) is 0. The van der Waals surface area contributed by atoms with E-state index in [0.717, 1.165) is 6.42 Å². The number of carbonyl (C=O) groups is 2. The minimum absolute atomic E-state index is 0.000185. The van der Waals surface area contributed by atoms with Crippen LogP contribution in [0.25, 0.3) is 0 Å². The Kier molecular flexibility index (Phi) is 1.74.